The molecular formula is C13H8BrFIN3. The Kier molecular flexibility index (Phi) is 3.22. The molecule has 0 unspecified atom stereocenters. The molecule has 0 spiro atoms. The Hall–Kier alpha value is -1.15. The van der Waals surface area contributed by atoms with Gasteiger partial charge in [-0.25, -0.2) is 9.37 Å². The maximum absolute atomic E-state index is 13.7. The minimum Gasteiger partial charge on any atom is -0.369 e. The van der Waals surface area contributed by atoms with Crippen molar-refractivity contribution >= 4 is 55.5 Å². The summed E-state index contributed by atoms with van der Waals surface area (Å²) in [6, 6.07) is 10.8. The van der Waals surface area contributed by atoms with Gasteiger partial charge in [-0.05, 0) is 56.7 Å². The van der Waals surface area contributed by atoms with E-state index in [4.69, 9.17) is 5.73 Å². The van der Waals surface area contributed by atoms with Crippen molar-refractivity contribution in [3.63, 3.8) is 0 Å². The van der Waals surface area contributed by atoms with E-state index in [0.717, 1.165) is 9.26 Å². The summed E-state index contributed by atoms with van der Waals surface area (Å²) in [5, 5.41) is 0. The SMILES string of the molecule is Nc1nc2cc(Br)c(F)cc2n1-c1ccccc1I. The van der Waals surface area contributed by atoms with Gasteiger partial charge in [0.25, 0.3) is 0 Å². The number of para-hydroxylation sites is 1. The van der Waals surface area contributed by atoms with Crippen molar-refractivity contribution in [2.45, 2.75) is 0 Å². The van der Waals surface area contributed by atoms with Crippen molar-refractivity contribution in [1.29, 1.82) is 0 Å². The first kappa shape index (κ1) is 12.9. The lowest BCUT2D eigenvalue weighted by Gasteiger charge is -2.08. The van der Waals surface area contributed by atoms with E-state index in [9.17, 15) is 4.39 Å². The summed E-state index contributed by atoms with van der Waals surface area (Å²) >= 11 is 5.37. The first-order valence-corrected chi connectivity index (χ1v) is 7.33. The molecule has 1 aromatic heterocycles. The number of benzene rings is 2. The second-order valence-corrected chi connectivity index (χ2v) is 6.03. The summed E-state index contributed by atoms with van der Waals surface area (Å²) in [4.78, 5) is 4.27. The molecule has 0 aliphatic carbocycles. The molecule has 0 aliphatic rings. The molecular weight excluding hydrogens is 424 g/mol. The Morgan fingerprint density at radius 1 is 1.26 bits per heavy atom. The van der Waals surface area contributed by atoms with E-state index in [0.29, 0.717) is 21.5 Å². The first-order chi connectivity index (χ1) is 9.08. The average Bonchev–Trinajstić information content (AvgIpc) is 2.66. The highest BCUT2D eigenvalue weighted by molar-refractivity contribution is 14.1. The van der Waals surface area contributed by atoms with Crippen LogP contribution in [-0.4, -0.2) is 9.55 Å². The first-order valence-electron chi connectivity index (χ1n) is 5.46. The Morgan fingerprint density at radius 2 is 2.00 bits per heavy atom. The smallest absolute Gasteiger partial charge is 0.205 e. The van der Waals surface area contributed by atoms with Crippen LogP contribution in [-0.2, 0) is 0 Å². The number of imidazole rings is 1. The Labute approximate surface area is 130 Å². The molecule has 0 radical (unpaired) electrons. The molecule has 0 saturated heterocycles. The van der Waals surface area contributed by atoms with Gasteiger partial charge in [0.05, 0.1) is 21.2 Å². The van der Waals surface area contributed by atoms with E-state index in [-0.39, 0.29) is 5.82 Å². The highest BCUT2D eigenvalue weighted by Crippen LogP contribution is 2.29. The lowest BCUT2D eigenvalue weighted by molar-refractivity contribution is 0.622. The van der Waals surface area contributed by atoms with Crippen LogP contribution in [0.25, 0.3) is 16.7 Å². The Morgan fingerprint density at radius 3 is 2.74 bits per heavy atom. The highest BCUT2D eigenvalue weighted by Gasteiger charge is 2.14. The van der Waals surface area contributed by atoms with Gasteiger partial charge < -0.3 is 5.73 Å². The Bertz CT molecular complexity index is 785. The predicted molar refractivity (Wildman–Crippen MR) is 85.9 cm³/mol. The number of nitrogens with two attached hydrogens (primary N) is 1. The van der Waals surface area contributed by atoms with Crippen LogP contribution in [0.4, 0.5) is 10.3 Å². The molecule has 3 nitrogen and oxygen atoms in total. The fourth-order valence-electron chi connectivity index (χ4n) is 1.98. The number of halogens is 3. The minimum absolute atomic E-state index is 0.334. The van der Waals surface area contributed by atoms with E-state index in [2.05, 4.69) is 43.5 Å². The molecule has 0 saturated carbocycles. The summed E-state index contributed by atoms with van der Waals surface area (Å²) in [5.41, 5.74) is 8.17. The lowest BCUT2D eigenvalue weighted by Crippen LogP contribution is -2.02. The van der Waals surface area contributed by atoms with E-state index >= 15 is 0 Å². The quantitative estimate of drug-likeness (QED) is 0.589. The minimum atomic E-state index is -0.334. The largest absolute Gasteiger partial charge is 0.369 e. The van der Waals surface area contributed by atoms with E-state index < -0.39 is 0 Å². The van der Waals surface area contributed by atoms with Crippen molar-refractivity contribution in [2.75, 3.05) is 5.73 Å². The molecule has 3 aromatic rings. The van der Waals surface area contributed by atoms with E-state index in [1.54, 1.807) is 10.6 Å². The third kappa shape index (κ3) is 2.12. The van der Waals surface area contributed by atoms with Crippen LogP contribution in [0.1, 0.15) is 0 Å². The number of rotatable bonds is 1. The standard InChI is InChI=1S/C13H8BrFIN3/c14-7-5-10-12(6-8(7)15)19(13(17)18-10)11-4-2-1-3-9(11)16/h1-6H,(H2,17,18). The van der Waals surface area contributed by atoms with Gasteiger partial charge in [-0.1, -0.05) is 12.1 Å². The molecule has 96 valence electrons. The van der Waals surface area contributed by atoms with Crippen LogP contribution >= 0.6 is 38.5 Å². The number of nitrogen functional groups attached to an aromatic ring is 1. The maximum Gasteiger partial charge on any atom is 0.205 e. The van der Waals surface area contributed by atoms with Crippen LogP contribution in [0.2, 0.25) is 0 Å². The van der Waals surface area contributed by atoms with Crippen LogP contribution in [0.15, 0.2) is 40.9 Å². The zero-order valence-electron chi connectivity index (χ0n) is 9.57. The van der Waals surface area contributed by atoms with Gasteiger partial charge in [0.2, 0.25) is 5.95 Å². The van der Waals surface area contributed by atoms with Crippen molar-refractivity contribution in [3.8, 4) is 5.69 Å². The van der Waals surface area contributed by atoms with Crippen LogP contribution in [0.3, 0.4) is 0 Å². The molecule has 19 heavy (non-hydrogen) atoms. The highest BCUT2D eigenvalue weighted by atomic mass is 127. The monoisotopic (exact) mass is 431 g/mol. The number of fused-ring (bicyclic) bond motifs is 1. The molecule has 6 heteroatoms. The van der Waals surface area contributed by atoms with Gasteiger partial charge >= 0.3 is 0 Å². The van der Waals surface area contributed by atoms with Gasteiger partial charge in [-0.3, -0.25) is 4.57 Å². The number of anilines is 1. The summed E-state index contributed by atoms with van der Waals surface area (Å²) < 4.78 is 16.9. The van der Waals surface area contributed by atoms with Crippen LogP contribution in [0.5, 0.6) is 0 Å². The second-order valence-electron chi connectivity index (χ2n) is 4.01. The van der Waals surface area contributed by atoms with Crippen LogP contribution < -0.4 is 5.73 Å². The molecule has 0 fully saturated rings. The van der Waals surface area contributed by atoms with E-state index in [1.807, 2.05) is 24.3 Å². The summed E-state index contributed by atoms with van der Waals surface area (Å²) in [6.45, 7) is 0. The summed E-state index contributed by atoms with van der Waals surface area (Å²) in [5.74, 6) is 0.0104. The van der Waals surface area contributed by atoms with Gasteiger partial charge in [-0.15, -0.1) is 0 Å². The lowest BCUT2D eigenvalue weighted by atomic mass is 10.2. The van der Waals surface area contributed by atoms with Crippen molar-refractivity contribution in [2.24, 2.45) is 0 Å². The predicted octanol–water partition coefficient (Wildman–Crippen LogP) is 4.11. The molecule has 0 atom stereocenters. The van der Waals surface area contributed by atoms with Gasteiger partial charge in [-0.2, -0.15) is 0 Å². The van der Waals surface area contributed by atoms with Crippen molar-refractivity contribution in [1.82, 2.24) is 9.55 Å². The number of nitrogens with zero attached hydrogens (tertiary/aromatic N) is 2. The van der Waals surface area contributed by atoms with Gasteiger partial charge in [0.1, 0.15) is 5.82 Å². The summed E-state index contributed by atoms with van der Waals surface area (Å²) in [7, 11) is 0. The number of hydrogen-bond donors (Lipinski definition) is 1. The maximum atomic E-state index is 13.7. The third-order valence-electron chi connectivity index (χ3n) is 2.82. The fraction of sp³-hybridized carbons (Fsp3) is 0. The molecule has 0 amide bonds. The molecule has 3 rings (SSSR count). The zero-order valence-corrected chi connectivity index (χ0v) is 13.3. The van der Waals surface area contributed by atoms with E-state index in [1.165, 1.54) is 6.07 Å². The molecule has 2 N–H and O–H groups in total. The van der Waals surface area contributed by atoms with Crippen molar-refractivity contribution in [3.05, 3.63) is 50.3 Å². The van der Waals surface area contributed by atoms with Crippen molar-refractivity contribution < 1.29 is 4.39 Å². The van der Waals surface area contributed by atoms with Gasteiger partial charge in [0.15, 0.2) is 0 Å². The molecule has 1 heterocycles. The number of aromatic nitrogens is 2. The Balaban J connectivity index is 2.38. The van der Waals surface area contributed by atoms with Crippen LogP contribution in [0, 0.1) is 9.39 Å². The molecule has 2 aromatic carbocycles. The molecule has 0 aliphatic heterocycles. The second kappa shape index (κ2) is 4.75. The molecule has 0 bridgehead atoms. The summed E-state index contributed by atoms with van der Waals surface area (Å²) in [6.07, 6.45) is 0. The normalized spacial score (nSPS) is 11.1. The van der Waals surface area contributed by atoms with Gasteiger partial charge in [0, 0.05) is 9.64 Å². The topological polar surface area (TPSA) is 43.8 Å². The third-order valence-corrected chi connectivity index (χ3v) is 4.34. The zero-order chi connectivity index (χ0) is 13.6. The average molecular weight is 432 g/mol. The number of hydrogen-bond acceptors (Lipinski definition) is 2. The fourth-order valence-corrected chi connectivity index (χ4v) is 2.94.